The van der Waals surface area contributed by atoms with Crippen LogP contribution in [0.25, 0.3) is 0 Å². The minimum absolute atomic E-state index is 0.132. The van der Waals surface area contributed by atoms with E-state index in [0.29, 0.717) is 0 Å². The van der Waals surface area contributed by atoms with Gasteiger partial charge in [0.1, 0.15) is 0 Å². The third-order valence-electron chi connectivity index (χ3n) is 1.31. The van der Waals surface area contributed by atoms with Crippen LogP contribution < -0.4 is 3.61 Å². The van der Waals surface area contributed by atoms with Gasteiger partial charge in [-0.3, -0.25) is 0 Å². The summed E-state index contributed by atoms with van der Waals surface area (Å²) in [7, 11) is 0. The van der Waals surface area contributed by atoms with Gasteiger partial charge in [0.2, 0.25) is 0 Å². The average Bonchev–Trinajstić information content (AvgIpc) is 1.89. The van der Waals surface area contributed by atoms with Crippen LogP contribution in [-0.4, -0.2) is 20.9 Å². The van der Waals surface area contributed by atoms with Gasteiger partial charge in [0.15, 0.2) is 0 Å². The summed E-state index contributed by atoms with van der Waals surface area (Å²) in [4.78, 5) is 2.31. The second kappa shape index (κ2) is 3.25. The summed E-state index contributed by atoms with van der Waals surface area (Å²) in [6, 6.07) is 8.64. The third-order valence-corrected chi connectivity index (χ3v) is 3.88. The number of hydrogen-bond acceptors (Lipinski definition) is 0. The molecule has 0 radical (unpaired) electrons. The Bertz CT molecular complexity index is 194. The Kier molecular flexibility index (Phi) is 2.57. The topological polar surface area (TPSA) is 0 Å². The molecule has 0 aliphatic carbocycles. The van der Waals surface area contributed by atoms with Crippen LogP contribution in [0.4, 0.5) is 0 Å². The van der Waals surface area contributed by atoms with Gasteiger partial charge in [-0.1, -0.05) is 0 Å². The predicted octanol–water partition coefficient (Wildman–Crippen LogP) is 1.37. The van der Waals surface area contributed by atoms with Crippen molar-refractivity contribution in [3.63, 3.8) is 0 Å². The quantitative estimate of drug-likeness (QED) is 0.643. The third kappa shape index (κ3) is 1.71. The zero-order valence-electron chi connectivity index (χ0n) is 5.72. The predicted molar refractivity (Wildman–Crippen MR) is 42.4 cm³/mol. The average molecular weight is 234 g/mol. The molecule has 0 unspecified atom stereocenters. The van der Waals surface area contributed by atoms with E-state index < -0.39 is 0 Å². The maximum absolute atomic E-state index is 2.31. The zero-order chi connectivity index (χ0) is 6.69. The Labute approximate surface area is 66.4 Å². The molecule has 0 saturated heterocycles. The van der Waals surface area contributed by atoms with Crippen LogP contribution in [0.2, 0.25) is 4.97 Å². The summed E-state index contributed by atoms with van der Waals surface area (Å²) in [5.41, 5.74) is 1.46. The van der Waals surface area contributed by atoms with Crippen LogP contribution in [0, 0.1) is 6.92 Å². The summed E-state index contributed by atoms with van der Waals surface area (Å²) in [5.74, 6) is 0. The van der Waals surface area contributed by atoms with Gasteiger partial charge in [0.25, 0.3) is 0 Å². The van der Waals surface area contributed by atoms with Gasteiger partial charge >= 0.3 is 66.3 Å². The summed E-state index contributed by atoms with van der Waals surface area (Å²) in [5, 5.41) is 0. The fourth-order valence-electron chi connectivity index (χ4n) is 0.785. The van der Waals surface area contributed by atoms with E-state index in [0.717, 1.165) is 0 Å². The van der Waals surface area contributed by atoms with E-state index in [-0.39, 0.29) is 20.9 Å². The van der Waals surface area contributed by atoms with Gasteiger partial charge in [-0.15, -0.1) is 0 Å². The molecular formula is C8H10Te. The fraction of sp³-hybridized carbons (Fsp3) is 0.250. The monoisotopic (exact) mass is 236 g/mol. The van der Waals surface area contributed by atoms with Crippen LogP contribution in [0.3, 0.4) is 0 Å². The molecule has 9 heavy (non-hydrogen) atoms. The summed E-state index contributed by atoms with van der Waals surface area (Å²) < 4.78 is 1.59. The molecule has 0 saturated carbocycles. The Balaban J connectivity index is 3.01. The van der Waals surface area contributed by atoms with Gasteiger partial charge < -0.3 is 0 Å². The molecule has 1 rings (SSSR count). The van der Waals surface area contributed by atoms with Crippen molar-refractivity contribution in [1.29, 1.82) is 0 Å². The Morgan fingerprint density at radius 2 is 1.89 bits per heavy atom. The molecular weight excluding hydrogens is 224 g/mol. The van der Waals surface area contributed by atoms with Crippen molar-refractivity contribution >= 4 is 24.5 Å². The van der Waals surface area contributed by atoms with Gasteiger partial charge in [0.05, 0.1) is 0 Å². The molecule has 0 amide bonds. The molecule has 0 aliphatic rings. The van der Waals surface area contributed by atoms with Crippen molar-refractivity contribution < 1.29 is 0 Å². The van der Waals surface area contributed by atoms with E-state index in [9.17, 15) is 0 Å². The van der Waals surface area contributed by atoms with Gasteiger partial charge in [-0.25, -0.2) is 0 Å². The minimum atomic E-state index is 0.132. The molecule has 1 aromatic rings. The first-order valence-electron chi connectivity index (χ1n) is 2.94. The van der Waals surface area contributed by atoms with Gasteiger partial charge in [-0.05, 0) is 0 Å². The number of rotatable bonds is 1. The molecule has 48 valence electrons. The molecule has 1 aromatic carbocycles. The van der Waals surface area contributed by atoms with Crippen molar-refractivity contribution in [1.82, 2.24) is 0 Å². The molecule has 1 heteroatoms. The summed E-state index contributed by atoms with van der Waals surface area (Å²) in [6.07, 6.45) is 0. The van der Waals surface area contributed by atoms with E-state index in [1.54, 1.807) is 3.61 Å². The normalized spacial score (nSPS) is 9.56. The second-order valence-corrected chi connectivity index (χ2v) is 4.39. The Morgan fingerprint density at radius 3 is 2.33 bits per heavy atom. The standard InChI is InChI=1S/C8H10Te/c1-7-5-3-4-6-8(7)9-2/h3-6H,1-2H3. The van der Waals surface area contributed by atoms with E-state index in [2.05, 4.69) is 36.2 Å². The molecule has 0 atom stereocenters. The Hall–Kier alpha value is 0.00961. The van der Waals surface area contributed by atoms with Crippen molar-refractivity contribution in [3.8, 4) is 0 Å². The maximum atomic E-state index is 2.31. The Morgan fingerprint density at radius 1 is 1.22 bits per heavy atom. The van der Waals surface area contributed by atoms with Crippen molar-refractivity contribution in [2.45, 2.75) is 11.9 Å². The van der Waals surface area contributed by atoms with Crippen LogP contribution in [-0.2, 0) is 0 Å². The van der Waals surface area contributed by atoms with E-state index in [1.165, 1.54) is 5.56 Å². The zero-order valence-corrected chi connectivity index (χ0v) is 8.05. The molecule has 0 heterocycles. The number of benzene rings is 1. The number of aryl methyl sites for hydroxylation is 1. The number of hydrogen-bond donors (Lipinski definition) is 0. The molecule has 0 aliphatic heterocycles. The summed E-state index contributed by atoms with van der Waals surface area (Å²) >= 11 is 0.132. The van der Waals surface area contributed by atoms with E-state index >= 15 is 0 Å². The van der Waals surface area contributed by atoms with Crippen molar-refractivity contribution in [3.05, 3.63) is 29.8 Å². The van der Waals surface area contributed by atoms with Crippen LogP contribution >= 0.6 is 0 Å². The first kappa shape index (κ1) is 7.12. The van der Waals surface area contributed by atoms with Crippen LogP contribution in [0.15, 0.2) is 24.3 Å². The van der Waals surface area contributed by atoms with Gasteiger partial charge in [0, 0.05) is 0 Å². The van der Waals surface area contributed by atoms with Crippen LogP contribution in [0.5, 0.6) is 0 Å². The molecule has 0 fully saturated rings. The van der Waals surface area contributed by atoms with Crippen LogP contribution in [0.1, 0.15) is 5.56 Å². The van der Waals surface area contributed by atoms with Gasteiger partial charge in [-0.2, -0.15) is 0 Å². The van der Waals surface area contributed by atoms with E-state index in [4.69, 9.17) is 0 Å². The molecule has 0 N–H and O–H groups in total. The molecule has 0 nitrogen and oxygen atoms in total. The first-order valence-corrected chi connectivity index (χ1v) is 6.44. The molecule has 0 bridgehead atoms. The van der Waals surface area contributed by atoms with Crippen molar-refractivity contribution in [2.24, 2.45) is 0 Å². The SMILES string of the molecule is C[Te]c1ccccc1C. The van der Waals surface area contributed by atoms with E-state index in [1.807, 2.05) is 0 Å². The molecule has 0 spiro atoms. The fourth-order valence-corrected chi connectivity index (χ4v) is 2.51. The summed E-state index contributed by atoms with van der Waals surface area (Å²) in [6.45, 7) is 2.18. The van der Waals surface area contributed by atoms with Crippen molar-refractivity contribution in [2.75, 3.05) is 0 Å². The first-order chi connectivity index (χ1) is 4.34. The molecule has 0 aromatic heterocycles. The second-order valence-electron chi connectivity index (χ2n) is 1.97.